The lowest BCUT2D eigenvalue weighted by Gasteiger charge is -2.06. The first-order valence-corrected chi connectivity index (χ1v) is 6.95. The van der Waals surface area contributed by atoms with E-state index in [1.165, 1.54) is 15.7 Å². The molecule has 0 saturated heterocycles. The molecule has 0 aliphatic rings. The van der Waals surface area contributed by atoms with E-state index in [1.807, 2.05) is 13.0 Å². The maximum absolute atomic E-state index is 11.4. The summed E-state index contributed by atoms with van der Waals surface area (Å²) in [4.78, 5) is 16.1. The van der Waals surface area contributed by atoms with Crippen molar-refractivity contribution in [3.05, 3.63) is 46.1 Å². The molecule has 0 aliphatic heterocycles. The van der Waals surface area contributed by atoms with Crippen molar-refractivity contribution >= 4 is 33.9 Å². The second kappa shape index (κ2) is 4.81. The fourth-order valence-corrected chi connectivity index (χ4v) is 2.80. The van der Waals surface area contributed by atoms with E-state index in [2.05, 4.69) is 4.98 Å². The zero-order valence-electron chi connectivity index (χ0n) is 10.3. The van der Waals surface area contributed by atoms with E-state index in [4.69, 9.17) is 16.3 Å². The van der Waals surface area contributed by atoms with Crippen LogP contribution in [0.15, 0.2) is 29.8 Å². The predicted molar refractivity (Wildman–Crippen MR) is 76.3 cm³/mol. The normalized spacial score (nSPS) is 10.9. The van der Waals surface area contributed by atoms with Crippen LogP contribution in [0.25, 0.3) is 4.96 Å². The molecule has 3 aromatic rings. The van der Waals surface area contributed by atoms with Crippen molar-refractivity contribution in [3.63, 3.8) is 0 Å². The highest BCUT2D eigenvalue weighted by Gasteiger charge is 2.22. The molecular weight excluding hydrogens is 300 g/mol. The van der Waals surface area contributed by atoms with Crippen LogP contribution in [-0.4, -0.2) is 20.5 Å². The zero-order valence-corrected chi connectivity index (χ0v) is 11.9. The van der Waals surface area contributed by atoms with Gasteiger partial charge < -0.3 is 9.84 Å². The van der Waals surface area contributed by atoms with Gasteiger partial charge in [-0.3, -0.25) is 4.40 Å². The van der Waals surface area contributed by atoms with Gasteiger partial charge in [-0.15, -0.1) is 11.3 Å². The third-order valence-electron chi connectivity index (χ3n) is 2.73. The molecule has 0 unspecified atom stereocenters. The minimum atomic E-state index is -1.10. The van der Waals surface area contributed by atoms with Gasteiger partial charge in [0, 0.05) is 11.6 Å². The first kappa shape index (κ1) is 13.0. The molecule has 0 aliphatic carbocycles. The molecule has 102 valence electrons. The van der Waals surface area contributed by atoms with E-state index in [0.29, 0.717) is 15.7 Å². The number of aromatic nitrogens is 2. The number of carboxylic acid groups (broad SMARTS) is 1. The number of aromatic carboxylic acids is 1. The highest BCUT2D eigenvalue weighted by molar-refractivity contribution is 7.15. The van der Waals surface area contributed by atoms with E-state index in [9.17, 15) is 9.90 Å². The van der Waals surface area contributed by atoms with E-state index < -0.39 is 5.97 Å². The van der Waals surface area contributed by atoms with Gasteiger partial charge in [-0.05, 0) is 24.6 Å². The molecule has 0 atom stereocenters. The molecular formula is C13H9ClN2O3S. The van der Waals surface area contributed by atoms with E-state index in [1.54, 1.807) is 23.7 Å². The average molecular weight is 309 g/mol. The van der Waals surface area contributed by atoms with Crippen LogP contribution in [0.4, 0.5) is 0 Å². The van der Waals surface area contributed by atoms with E-state index in [0.717, 1.165) is 5.56 Å². The highest BCUT2D eigenvalue weighted by Crippen LogP contribution is 2.32. The average Bonchev–Trinajstić information content (AvgIpc) is 2.91. The summed E-state index contributed by atoms with van der Waals surface area (Å²) in [5.41, 5.74) is 0.976. The predicted octanol–water partition coefficient (Wildman–Crippen LogP) is 3.85. The molecule has 0 saturated carbocycles. The third-order valence-corrected chi connectivity index (χ3v) is 3.78. The maximum atomic E-state index is 11.4. The van der Waals surface area contributed by atoms with Gasteiger partial charge in [-0.2, -0.15) is 4.98 Å². The Morgan fingerprint density at radius 1 is 1.50 bits per heavy atom. The van der Waals surface area contributed by atoms with Gasteiger partial charge in [0.05, 0.1) is 5.02 Å². The van der Waals surface area contributed by atoms with Crippen LogP contribution in [0.2, 0.25) is 5.02 Å². The Kier molecular flexibility index (Phi) is 3.11. The molecule has 3 rings (SSSR count). The Morgan fingerprint density at radius 3 is 3.00 bits per heavy atom. The number of aryl methyl sites for hydroxylation is 1. The lowest BCUT2D eigenvalue weighted by molar-refractivity contribution is 0.0686. The number of hydrogen-bond donors (Lipinski definition) is 1. The molecule has 20 heavy (non-hydrogen) atoms. The van der Waals surface area contributed by atoms with Crippen LogP contribution >= 0.6 is 22.9 Å². The van der Waals surface area contributed by atoms with E-state index in [-0.39, 0.29) is 11.6 Å². The summed E-state index contributed by atoms with van der Waals surface area (Å²) in [6, 6.07) is 5.27. The van der Waals surface area contributed by atoms with Gasteiger partial charge in [0.15, 0.2) is 10.7 Å². The number of fused-ring (bicyclic) bond motifs is 1. The molecule has 0 fully saturated rings. The monoisotopic (exact) mass is 308 g/mol. The quantitative estimate of drug-likeness (QED) is 0.798. The first-order chi connectivity index (χ1) is 9.56. The summed E-state index contributed by atoms with van der Waals surface area (Å²) in [6.45, 7) is 1.91. The van der Waals surface area contributed by atoms with Gasteiger partial charge >= 0.3 is 5.97 Å². The Hall–Kier alpha value is -2.05. The minimum Gasteiger partial charge on any atom is -0.476 e. The SMILES string of the molecule is Cc1ccc(Oc2nc3sccn3c2C(=O)O)c(Cl)c1. The van der Waals surface area contributed by atoms with Crippen LogP contribution in [0, 0.1) is 6.92 Å². The second-order valence-electron chi connectivity index (χ2n) is 4.16. The molecule has 1 aromatic carbocycles. The van der Waals surface area contributed by atoms with Gasteiger partial charge in [0.2, 0.25) is 0 Å². The van der Waals surface area contributed by atoms with Crippen molar-refractivity contribution < 1.29 is 14.6 Å². The number of carboxylic acids is 1. The number of ether oxygens (including phenoxy) is 1. The fourth-order valence-electron chi connectivity index (χ4n) is 1.82. The number of benzene rings is 1. The number of hydrogen-bond acceptors (Lipinski definition) is 4. The summed E-state index contributed by atoms with van der Waals surface area (Å²) in [7, 11) is 0. The Labute approximate surface area is 123 Å². The van der Waals surface area contributed by atoms with Gasteiger partial charge in [-0.25, -0.2) is 4.79 Å². The second-order valence-corrected chi connectivity index (χ2v) is 5.44. The molecule has 0 spiro atoms. The number of thiazole rings is 1. The summed E-state index contributed by atoms with van der Waals surface area (Å²) >= 11 is 7.41. The van der Waals surface area contributed by atoms with Crippen LogP contribution in [-0.2, 0) is 0 Å². The third kappa shape index (κ3) is 2.13. The number of rotatable bonds is 3. The summed E-state index contributed by atoms with van der Waals surface area (Å²) in [6.07, 6.45) is 1.64. The number of carbonyl (C=O) groups is 1. The van der Waals surface area contributed by atoms with Crippen molar-refractivity contribution in [2.45, 2.75) is 6.92 Å². The Morgan fingerprint density at radius 2 is 2.30 bits per heavy atom. The van der Waals surface area contributed by atoms with Crippen molar-refractivity contribution in [3.8, 4) is 11.6 Å². The molecule has 7 heteroatoms. The number of nitrogens with zero attached hydrogens (tertiary/aromatic N) is 2. The van der Waals surface area contributed by atoms with E-state index >= 15 is 0 Å². The van der Waals surface area contributed by atoms with Gasteiger partial charge in [0.25, 0.3) is 5.88 Å². The smallest absolute Gasteiger partial charge is 0.358 e. The lowest BCUT2D eigenvalue weighted by Crippen LogP contribution is -2.02. The molecule has 0 bridgehead atoms. The molecule has 1 N–H and O–H groups in total. The highest BCUT2D eigenvalue weighted by atomic mass is 35.5. The van der Waals surface area contributed by atoms with Crippen LogP contribution in [0.1, 0.15) is 16.1 Å². The first-order valence-electron chi connectivity index (χ1n) is 5.69. The molecule has 5 nitrogen and oxygen atoms in total. The zero-order chi connectivity index (χ0) is 14.3. The van der Waals surface area contributed by atoms with Crippen LogP contribution in [0.5, 0.6) is 11.6 Å². The standard InChI is InChI=1S/C13H9ClN2O3S/c1-7-2-3-9(8(14)6-7)19-11-10(12(17)18)16-4-5-20-13(16)15-11/h2-6H,1H3,(H,17,18). The van der Waals surface area contributed by atoms with Gasteiger partial charge in [-0.1, -0.05) is 17.7 Å². The van der Waals surface area contributed by atoms with Crippen LogP contribution < -0.4 is 4.74 Å². The van der Waals surface area contributed by atoms with Gasteiger partial charge in [0.1, 0.15) is 5.75 Å². The molecule has 0 amide bonds. The molecule has 2 heterocycles. The molecule has 0 radical (unpaired) electrons. The summed E-state index contributed by atoms with van der Waals surface area (Å²) in [5, 5.41) is 11.5. The summed E-state index contributed by atoms with van der Waals surface area (Å²) in [5.74, 6) is -0.685. The topological polar surface area (TPSA) is 63.8 Å². The van der Waals surface area contributed by atoms with Crippen molar-refractivity contribution in [2.24, 2.45) is 0 Å². The number of halogens is 1. The Bertz CT molecular complexity index is 809. The minimum absolute atomic E-state index is 0.0158. The van der Waals surface area contributed by atoms with Crippen molar-refractivity contribution in [1.29, 1.82) is 0 Å². The van der Waals surface area contributed by atoms with Crippen LogP contribution in [0.3, 0.4) is 0 Å². The molecule has 2 aromatic heterocycles. The maximum Gasteiger partial charge on any atom is 0.358 e. The van der Waals surface area contributed by atoms with Crippen molar-refractivity contribution in [2.75, 3.05) is 0 Å². The lowest BCUT2D eigenvalue weighted by atomic mass is 10.2. The summed E-state index contributed by atoms with van der Waals surface area (Å²) < 4.78 is 7.04. The Balaban J connectivity index is 2.08. The fraction of sp³-hybridized carbons (Fsp3) is 0.0769. The number of imidazole rings is 1. The van der Waals surface area contributed by atoms with Crippen molar-refractivity contribution in [1.82, 2.24) is 9.38 Å². The largest absolute Gasteiger partial charge is 0.476 e.